The van der Waals surface area contributed by atoms with Crippen LogP contribution in [-0.4, -0.2) is 13.0 Å². The summed E-state index contributed by atoms with van der Waals surface area (Å²) in [6, 6.07) is 9.73. The summed E-state index contributed by atoms with van der Waals surface area (Å²) in [7, 11) is -3.77. The van der Waals surface area contributed by atoms with Gasteiger partial charge in [0.25, 0.3) is 10.0 Å². The first kappa shape index (κ1) is 17.0. The normalized spacial score (nSPS) is 11.8. The maximum absolute atomic E-state index is 12.6. The number of hydrogen-bond acceptors (Lipinski definition) is 4. The first-order valence-electron chi connectivity index (χ1n) is 7.25. The zero-order chi connectivity index (χ0) is 17.5. The standard InChI is InChI=1S/C16H15ClN2O3S2/c1-3-19-14-8-7-11(9-15(14)23-16(19)20)24(21,22)18-13-6-4-5-12(17)10(13)2/h4-9,18H,3H2,1-2H3. The molecule has 5 nitrogen and oxygen atoms in total. The molecule has 0 aliphatic heterocycles. The number of nitrogens with zero attached hydrogens (tertiary/aromatic N) is 1. The molecule has 0 unspecified atom stereocenters. The Balaban J connectivity index is 2.05. The molecule has 0 aliphatic carbocycles. The predicted octanol–water partition coefficient (Wildman–Crippen LogP) is 3.85. The van der Waals surface area contributed by atoms with Gasteiger partial charge in [-0.15, -0.1) is 0 Å². The van der Waals surface area contributed by atoms with Crippen molar-refractivity contribution in [2.24, 2.45) is 0 Å². The summed E-state index contributed by atoms with van der Waals surface area (Å²) >= 11 is 7.07. The zero-order valence-electron chi connectivity index (χ0n) is 13.0. The molecule has 0 saturated heterocycles. The number of nitrogens with one attached hydrogen (secondary N) is 1. The van der Waals surface area contributed by atoms with E-state index in [4.69, 9.17) is 11.6 Å². The van der Waals surface area contributed by atoms with Gasteiger partial charge in [-0.2, -0.15) is 0 Å². The third-order valence-electron chi connectivity index (χ3n) is 3.78. The minimum Gasteiger partial charge on any atom is -0.299 e. The molecular formula is C16H15ClN2O3S2. The molecule has 8 heteroatoms. The Labute approximate surface area is 148 Å². The maximum Gasteiger partial charge on any atom is 0.308 e. The van der Waals surface area contributed by atoms with Crippen LogP contribution < -0.4 is 9.60 Å². The minimum atomic E-state index is -3.77. The first-order chi connectivity index (χ1) is 11.3. The molecule has 1 heterocycles. The van der Waals surface area contributed by atoms with Crippen molar-refractivity contribution < 1.29 is 8.42 Å². The van der Waals surface area contributed by atoms with E-state index in [2.05, 4.69) is 4.72 Å². The van der Waals surface area contributed by atoms with Gasteiger partial charge in [-0.05, 0) is 49.7 Å². The van der Waals surface area contributed by atoms with Gasteiger partial charge in [0.2, 0.25) is 0 Å². The van der Waals surface area contributed by atoms with Gasteiger partial charge in [0, 0.05) is 11.6 Å². The lowest BCUT2D eigenvalue weighted by Gasteiger charge is -2.11. The van der Waals surface area contributed by atoms with E-state index in [1.54, 1.807) is 35.8 Å². The smallest absolute Gasteiger partial charge is 0.299 e. The summed E-state index contributed by atoms with van der Waals surface area (Å²) in [6.07, 6.45) is 0. The van der Waals surface area contributed by atoms with E-state index in [0.717, 1.165) is 16.9 Å². The van der Waals surface area contributed by atoms with Crippen LogP contribution in [-0.2, 0) is 16.6 Å². The van der Waals surface area contributed by atoms with Gasteiger partial charge < -0.3 is 0 Å². The highest BCUT2D eigenvalue weighted by Crippen LogP contribution is 2.27. The topological polar surface area (TPSA) is 68.2 Å². The number of anilines is 1. The van der Waals surface area contributed by atoms with Gasteiger partial charge in [-0.3, -0.25) is 14.1 Å². The largest absolute Gasteiger partial charge is 0.308 e. The van der Waals surface area contributed by atoms with Gasteiger partial charge in [0.05, 0.1) is 20.8 Å². The SMILES string of the molecule is CCn1c(=O)sc2cc(S(=O)(=O)Nc3cccc(Cl)c3C)ccc21. The molecule has 0 spiro atoms. The van der Waals surface area contributed by atoms with Crippen molar-refractivity contribution in [1.82, 2.24) is 4.57 Å². The number of aromatic nitrogens is 1. The van der Waals surface area contributed by atoms with Crippen molar-refractivity contribution in [2.45, 2.75) is 25.3 Å². The Bertz CT molecular complexity index is 1080. The van der Waals surface area contributed by atoms with Crippen molar-refractivity contribution in [3.63, 3.8) is 0 Å². The number of fused-ring (bicyclic) bond motifs is 1. The lowest BCUT2D eigenvalue weighted by atomic mass is 10.2. The summed E-state index contributed by atoms with van der Waals surface area (Å²) < 4.78 is 30.1. The van der Waals surface area contributed by atoms with Crippen molar-refractivity contribution >= 4 is 48.9 Å². The molecule has 24 heavy (non-hydrogen) atoms. The average molecular weight is 383 g/mol. The second-order valence-electron chi connectivity index (χ2n) is 5.26. The number of benzene rings is 2. The first-order valence-corrected chi connectivity index (χ1v) is 9.92. The van der Waals surface area contributed by atoms with E-state index >= 15 is 0 Å². The van der Waals surface area contributed by atoms with Gasteiger partial charge in [-0.25, -0.2) is 8.42 Å². The molecule has 0 fully saturated rings. The van der Waals surface area contributed by atoms with E-state index in [9.17, 15) is 13.2 Å². The van der Waals surface area contributed by atoms with E-state index in [1.165, 1.54) is 12.1 Å². The van der Waals surface area contributed by atoms with E-state index < -0.39 is 10.0 Å². The van der Waals surface area contributed by atoms with Crippen LogP contribution in [0.2, 0.25) is 5.02 Å². The molecule has 0 saturated carbocycles. The number of hydrogen-bond donors (Lipinski definition) is 1. The molecule has 1 N–H and O–H groups in total. The molecule has 3 aromatic rings. The Morgan fingerprint density at radius 1 is 1.25 bits per heavy atom. The fourth-order valence-corrected chi connectivity index (χ4v) is 4.83. The van der Waals surface area contributed by atoms with Crippen LogP contribution in [0.25, 0.3) is 10.2 Å². The van der Waals surface area contributed by atoms with Gasteiger partial charge in [-0.1, -0.05) is 29.0 Å². The highest BCUT2D eigenvalue weighted by atomic mass is 35.5. The van der Waals surface area contributed by atoms with Crippen LogP contribution in [0.3, 0.4) is 0 Å². The summed E-state index contributed by atoms with van der Waals surface area (Å²) in [5.41, 5.74) is 1.83. The number of halogens is 1. The molecule has 1 aromatic heterocycles. The molecular weight excluding hydrogens is 368 g/mol. The monoisotopic (exact) mass is 382 g/mol. The summed E-state index contributed by atoms with van der Waals surface area (Å²) in [5.74, 6) is 0. The Kier molecular flexibility index (Phi) is 4.42. The van der Waals surface area contributed by atoms with Gasteiger partial charge in [0.1, 0.15) is 0 Å². The van der Waals surface area contributed by atoms with E-state index in [0.29, 0.717) is 27.5 Å². The molecule has 0 atom stereocenters. The Morgan fingerprint density at radius 2 is 2.00 bits per heavy atom. The summed E-state index contributed by atoms with van der Waals surface area (Å²) in [5, 5.41) is 0.490. The van der Waals surface area contributed by atoms with E-state index in [-0.39, 0.29) is 9.77 Å². The molecule has 0 bridgehead atoms. The van der Waals surface area contributed by atoms with Crippen LogP contribution in [0.15, 0.2) is 46.1 Å². The summed E-state index contributed by atoms with van der Waals surface area (Å²) in [4.78, 5) is 11.9. The number of aryl methyl sites for hydroxylation is 1. The van der Waals surface area contributed by atoms with Crippen LogP contribution in [0, 0.1) is 6.92 Å². The molecule has 126 valence electrons. The van der Waals surface area contributed by atoms with Gasteiger partial charge in [0.15, 0.2) is 0 Å². The second kappa shape index (κ2) is 6.23. The van der Waals surface area contributed by atoms with Crippen LogP contribution in [0.5, 0.6) is 0 Å². The van der Waals surface area contributed by atoms with Crippen molar-refractivity contribution in [3.05, 3.63) is 56.7 Å². The second-order valence-corrected chi connectivity index (χ2v) is 8.34. The third kappa shape index (κ3) is 2.94. The highest BCUT2D eigenvalue weighted by molar-refractivity contribution is 7.92. The predicted molar refractivity (Wildman–Crippen MR) is 98.8 cm³/mol. The van der Waals surface area contributed by atoms with Gasteiger partial charge >= 0.3 is 4.87 Å². The van der Waals surface area contributed by atoms with Crippen LogP contribution >= 0.6 is 22.9 Å². The molecule has 3 rings (SSSR count). The average Bonchev–Trinajstić information content (AvgIpc) is 2.85. The fraction of sp³-hybridized carbons (Fsp3) is 0.188. The lowest BCUT2D eigenvalue weighted by Crippen LogP contribution is -2.14. The summed E-state index contributed by atoms with van der Waals surface area (Å²) in [6.45, 7) is 4.17. The third-order valence-corrected chi connectivity index (χ3v) is 6.49. The number of sulfonamides is 1. The molecule has 0 radical (unpaired) electrons. The quantitative estimate of drug-likeness (QED) is 0.745. The van der Waals surface area contributed by atoms with Crippen LogP contribution in [0.4, 0.5) is 5.69 Å². The zero-order valence-corrected chi connectivity index (χ0v) is 15.4. The van der Waals surface area contributed by atoms with Crippen molar-refractivity contribution in [1.29, 1.82) is 0 Å². The Morgan fingerprint density at radius 3 is 2.71 bits per heavy atom. The highest BCUT2D eigenvalue weighted by Gasteiger charge is 2.18. The molecule has 2 aromatic carbocycles. The molecule has 0 amide bonds. The number of rotatable bonds is 4. The number of thiazole rings is 1. The van der Waals surface area contributed by atoms with Crippen molar-refractivity contribution in [2.75, 3.05) is 4.72 Å². The maximum atomic E-state index is 12.6. The Hall–Kier alpha value is -1.83. The van der Waals surface area contributed by atoms with Crippen molar-refractivity contribution in [3.8, 4) is 0 Å². The fourth-order valence-electron chi connectivity index (χ4n) is 2.44. The van der Waals surface area contributed by atoms with E-state index in [1.807, 2.05) is 6.92 Å². The molecule has 0 aliphatic rings. The minimum absolute atomic E-state index is 0.0966. The van der Waals surface area contributed by atoms with Crippen LogP contribution in [0.1, 0.15) is 12.5 Å². The lowest BCUT2D eigenvalue weighted by molar-refractivity contribution is 0.601.